The molecule has 5 aliphatic rings. The maximum absolute atomic E-state index is 6.48. The highest BCUT2D eigenvalue weighted by Gasteiger charge is 2.73. The van der Waals surface area contributed by atoms with Crippen molar-refractivity contribution < 1.29 is 4.74 Å². The van der Waals surface area contributed by atoms with E-state index in [1.807, 2.05) is 0 Å². The molecule has 28 heavy (non-hydrogen) atoms. The molecule has 9 atom stereocenters. The van der Waals surface area contributed by atoms with Gasteiger partial charge < -0.3 is 4.74 Å². The maximum atomic E-state index is 6.48. The average Bonchev–Trinajstić information content (AvgIpc) is 3.26. The summed E-state index contributed by atoms with van der Waals surface area (Å²) in [6.07, 6.45) is 18.1. The molecular formula is C27H46O. The summed E-state index contributed by atoms with van der Waals surface area (Å²) in [5.74, 6) is 5.77. The molecule has 1 heteroatoms. The van der Waals surface area contributed by atoms with Crippen LogP contribution in [0.2, 0.25) is 0 Å². The van der Waals surface area contributed by atoms with Crippen LogP contribution in [0.3, 0.4) is 0 Å². The molecule has 0 bridgehead atoms. The van der Waals surface area contributed by atoms with Crippen molar-refractivity contribution in [2.45, 2.75) is 123 Å². The molecular weight excluding hydrogens is 340 g/mol. The van der Waals surface area contributed by atoms with Crippen molar-refractivity contribution in [1.82, 2.24) is 0 Å². The second-order valence-corrected chi connectivity index (χ2v) is 12.8. The molecule has 4 aliphatic carbocycles. The molecule has 1 aliphatic heterocycles. The van der Waals surface area contributed by atoms with Crippen LogP contribution in [0, 0.1) is 46.3 Å². The van der Waals surface area contributed by atoms with E-state index in [1.165, 1.54) is 77.0 Å². The second-order valence-electron chi connectivity index (χ2n) is 12.8. The van der Waals surface area contributed by atoms with Crippen LogP contribution in [0.1, 0.15) is 112 Å². The van der Waals surface area contributed by atoms with Gasteiger partial charge in [0, 0.05) is 5.41 Å². The first-order valence-electron chi connectivity index (χ1n) is 13.0. The van der Waals surface area contributed by atoms with Gasteiger partial charge in [-0.2, -0.15) is 0 Å². The van der Waals surface area contributed by atoms with Gasteiger partial charge in [0.25, 0.3) is 0 Å². The average molecular weight is 387 g/mol. The minimum atomic E-state index is 0.322. The largest absolute Gasteiger partial charge is 0.365 e. The third-order valence-corrected chi connectivity index (χ3v) is 11.3. The number of hydrogen-bond acceptors (Lipinski definition) is 1. The van der Waals surface area contributed by atoms with Crippen LogP contribution in [0.15, 0.2) is 0 Å². The minimum Gasteiger partial charge on any atom is -0.365 e. The Hall–Kier alpha value is -0.0400. The lowest BCUT2D eigenvalue weighted by Crippen LogP contribution is -2.57. The molecule has 0 N–H and O–H groups in total. The summed E-state index contributed by atoms with van der Waals surface area (Å²) >= 11 is 0. The zero-order valence-corrected chi connectivity index (χ0v) is 19.4. The van der Waals surface area contributed by atoms with Gasteiger partial charge in [0.05, 0.1) is 6.10 Å². The Balaban J connectivity index is 1.32. The lowest BCUT2D eigenvalue weighted by Gasteiger charge is -2.60. The highest BCUT2D eigenvalue weighted by molar-refractivity contribution is 5.22. The Morgan fingerprint density at radius 2 is 1.68 bits per heavy atom. The molecule has 0 aromatic heterocycles. The summed E-state index contributed by atoms with van der Waals surface area (Å²) in [6, 6.07) is 0. The van der Waals surface area contributed by atoms with E-state index in [0.29, 0.717) is 22.5 Å². The van der Waals surface area contributed by atoms with Crippen LogP contribution in [0.4, 0.5) is 0 Å². The van der Waals surface area contributed by atoms with E-state index in [1.54, 1.807) is 0 Å². The number of ether oxygens (including phenoxy) is 1. The van der Waals surface area contributed by atoms with Gasteiger partial charge in [-0.05, 0) is 92.3 Å². The summed E-state index contributed by atoms with van der Waals surface area (Å²) in [5, 5.41) is 0. The number of rotatable bonds is 5. The Morgan fingerprint density at radius 3 is 2.46 bits per heavy atom. The van der Waals surface area contributed by atoms with Crippen molar-refractivity contribution in [1.29, 1.82) is 0 Å². The molecule has 1 heterocycles. The fraction of sp³-hybridized carbons (Fsp3) is 1.00. The molecule has 0 radical (unpaired) electrons. The Kier molecular flexibility index (Phi) is 4.78. The zero-order valence-electron chi connectivity index (χ0n) is 19.4. The number of fused-ring (bicyclic) bond motifs is 4. The highest BCUT2D eigenvalue weighted by atomic mass is 16.6. The third-order valence-electron chi connectivity index (χ3n) is 11.3. The van der Waals surface area contributed by atoms with E-state index in [-0.39, 0.29) is 0 Å². The lowest BCUT2D eigenvalue weighted by atomic mass is 9.44. The first-order valence-corrected chi connectivity index (χ1v) is 13.0. The van der Waals surface area contributed by atoms with E-state index >= 15 is 0 Å². The van der Waals surface area contributed by atoms with Gasteiger partial charge in [0.1, 0.15) is 5.60 Å². The van der Waals surface area contributed by atoms with E-state index < -0.39 is 0 Å². The zero-order chi connectivity index (χ0) is 19.7. The van der Waals surface area contributed by atoms with E-state index in [2.05, 4.69) is 34.6 Å². The van der Waals surface area contributed by atoms with Crippen LogP contribution < -0.4 is 0 Å². The molecule has 160 valence electrons. The van der Waals surface area contributed by atoms with Crippen LogP contribution in [0.25, 0.3) is 0 Å². The summed E-state index contributed by atoms with van der Waals surface area (Å²) in [6.45, 7) is 12.8. The fourth-order valence-electron chi connectivity index (χ4n) is 9.77. The maximum Gasteiger partial charge on any atom is 0.100 e. The van der Waals surface area contributed by atoms with Crippen LogP contribution in [-0.4, -0.2) is 11.7 Å². The van der Waals surface area contributed by atoms with Crippen LogP contribution in [0.5, 0.6) is 0 Å². The molecule has 0 aromatic rings. The van der Waals surface area contributed by atoms with Gasteiger partial charge in [0.2, 0.25) is 0 Å². The van der Waals surface area contributed by atoms with E-state index in [9.17, 15) is 0 Å². The Morgan fingerprint density at radius 1 is 0.857 bits per heavy atom. The molecule has 5 fully saturated rings. The Labute approximate surface area is 174 Å². The normalized spacial score (nSPS) is 53.1. The van der Waals surface area contributed by atoms with Gasteiger partial charge in [-0.15, -0.1) is 0 Å². The monoisotopic (exact) mass is 386 g/mol. The minimum absolute atomic E-state index is 0.322. The molecule has 4 saturated carbocycles. The molecule has 1 saturated heterocycles. The molecule has 1 nitrogen and oxygen atoms in total. The topological polar surface area (TPSA) is 12.5 Å². The third kappa shape index (κ3) is 2.66. The second kappa shape index (κ2) is 6.73. The predicted molar refractivity (Wildman–Crippen MR) is 117 cm³/mol. The van der Waals surface area contributed by atoms with E-state index in [4.69, 9.17) is 4.74 Å². The number of epoxide rings is 1. The Bertz CT molecular complexity index is 597. The lowest BCUT2D eigenvalue weighted by molar-refractivity contribution is -0.115. The summed E-state index contributed by atoms with van der Waals surface area (Å²) in [4.78, 5) is 0. The SMILES string of the molecule is CC(C)CCCC(C)C1CCC2C3CC[C@@]45O[C@@H]4CCC[C@]5(C)C3CC[C@]12C. The summed E-state index contributed by atoms with van der Waals surface area (Å²) < 4.78 is 6.48. The molecule has 0 aromatic carbocycles. The van der Waals surface area contributed by atoms with Crippen molar-refractivity contribution in [2.24, 2.45) is 46.3 Å². The molecule has 0 amide bonds. The molecule has 1 spiro atoms. The quantitative estimate of drug-likeness (QED) is 0.442. The van der Waals surface area contributed by atoms with Gasteiger partial charge in [0.15, 0.2) is 0 Å². The van der Waals surface area contributed by atoms with E-state index in [0.717, 1.165) is 35.5 Å². The predicted octanol–water partition coefficient (Wildman–Crippen LogP) is 7.63. The van der Waals surface area contributed by atoms with Gasteiger partial charge >= 0.3 is 0 Å². The summed E-state index contributed by atoms with van der Waals surface area (Å²) in [7, 11) is 0. The van der Waals surface area contributed by atoms with Crippen molar-refractivity contribution in [3.8, 4) is 0 Å². The fourth-order valence-corrected chi connectivity index (χ4v) is 9.77. The molecule has 5 unspecified atom stereocenters. The van der Waals surface area contributed by atoms with Crippen molar-refractivity contribution in [3.63, 3.8) is 0 Å². The van der Waals surface area contributed by atoms with Gasteiger partial charge in [-0.3, -0.25) is 0 Å². The van der Waals surface area contributed by atoms with Crippen LogP contribution >= 0.6 is 0 Å². The van der Waals surface area contributed by atoms with Crippen molar-refractivity contribution in [3.05, 3.63) is 0 Å². The van der Waals surface area contributed by atoms with Crippen molar-refractivity contribution >= 4 is 0 Å². The van der Waals surface area contributed by atoms with Gasteiger partial charge in [-0.25, -0.2) is 0 Å². The van der Waals surface area contributed by atoms with Crippen molar-refractivity contribution in [2.75, 3.05) is 0 Å². The number of hydrogen-bond donors (Lipinski definition) is 0. The molecule has 5 rings (SSSR count). The highest BCUT2D eigenvalue weighted by Crippen LogP contribution is 2.73. The standard InChI is InChI=1S/C27H46O/c1-18(2)8-6-9-19(3)21-11-12-22-20-13-17-27-24(28-27)10-7-15-26(27,5)23(20)14-16-25(21,22)4/h18-24H,6-17H2,1-5H3/t19?,20?,21?,22?,23?,24-,25-,26-,27-/m1/s1. The first-order chi connectivity index (χ1) is 13.3. The summed E-state index contributed by atoms with van der Waals surface area (Å²) in [5.41, 5.74) is 1.46. The van der Waals surface area contributed by atoms with Crippen LogP contribution in [-0.2, 0) is 4.74 Å². The smallest absolute Gasteiger partial charge is 0.100 e. The van der Waals surface area contributed by atoms with Gasteiger partial charge in [-0.1, -0.05) is 60.3 Å². The first kappa shape index (κ1) is 19.9.